The molecule has 4 heteroatoms. The number of allylic oxidation sites excluding steroid dienone is 1. The smallest absolute Gasteiger partial charge is 0.328 e. The van der Waals surface area contributed by atoms with E-state index in [0.717, 1.165) is 37.7 Å². The van der Waals surface area contributed by atoms with Crippen molar-refractivity contribution < 1.29 is 20.1 Å². The zero-order chi connectivity index (χ0) is 18.3. The van der Waals surface area contributed by atoms with Crippen LogP contribution in [0.5, 0.6) is 0 Å². The Hall–Kier alpha value is -0.870. The molecule has 24 heavy (non-hydrogen) atoms. The minimum atomic E-state index is -1.07. The maximum Gasteiger partial charge on any atom is 0.328 e. The fourth-order valence-corrected chi connectivity index (χ4v) is 5.50. The molecule has 0 amide bonds. The quantitative estimate of drug-likeness (QED) is 0.682. The topological polar surface area (TPSA) is 77.8 Å². The molecule has 0 saturated heterocycles. The van der Waals surface area contributed by atoms with E-state index in [0.29, 0.717) is 18.3 Å². The second-order valence-corrected chi connectivity index (χ2v) is 8.99. The Kier molecular flexibility index (Phi) is 5.23. The summed E-state index contributed by atoms with van der Waals surface area (Å²) in [6.07, 6.45) is 5.87. The summed E-state index contributed by atoms with van der Waals surface area (Å²) in [6.45, 7) is 10.4. The van der Waals surface area contributed by atoms with Gasteiger partial charge in [0.25, 0.3) is 0 Å². The Labute approximate surface area is 146 Å². The van der Waals surface area contributed by atoms with E-state index >= 15 is 0 Å². The van der Waals surface area contributed by atoms with Gasteiger partial charge in [-0.05, 0) is 69.6 Å². The monoisotopic (exact) mass is 338 g/mol. The number of aliphatic hydroxyl groups excluding tert-OH is 1. The molecule has 2 fully saturated rings. The Morgan fingerprint density at radius 2 is 1.83 bits per heavy atom. The minimum absolute atomic E-state index is 0.0464. The maximum atomic E-state index is 11.1. The number of hydrogen-bond donors (Lipinski definition) is 3. The van der Waals surface area contributed by atoms with Crippen LogP contribution >= 0.6 is 0 Å². The first-order valence-electron chi connectivity index (χ1n) is 9.25. The molecule has 0 heterocycles. The molecule has 0 aromatic heterocycles. The van der Waals surface area contributed by atoms with Crippen molar-refractivity contribution in [3.8, 4) is 0 Å². The number of aliphatic hydroxyl groups is 2. The van der Waals surface area contributed by atoms with Gasteiger partial charge in [-0.1, -0.05) is 26.3 Å². The van der Waals surface area contributed by atoms with Crippen molar-refractivity contribution >= 4 is 5.97 Å². The van der Waals surface area contributed by atoms with E-state index in [9.17, 15) is 15.0 Å². The van der Waals surface area contributed by atoms with Crippen LogP contribution in [-0.4, -0.2) is 33.0 Å². The highest BCUT2D eigenvalue weighted by Gasteiger charge is 2.62. The van der Waals surface area contributed by atoms with Crippen molar-refractivity contribution in [2.45, 2.75) is 84.8 Å². The molecule has 0 spiro atoms. The van der Waals surface area contributed by atoms with Crippen molar-refractivity contribution in [1.82, 2.24) is 0 Å². The largest absolute Gasteiger partial charge is 0.478 e. The number of fused-ring (bicyclic) bond motifs is 1. The van der Waals surface area contributed by atoms with Crippen LogP contribution in [0.15, 0.2) is 11.6 Å². The first-order valence-corrected chi connectivity index (χ1v) is 9.25. The normalized spacial score (nSPS) is 46.5. The number of carboxylic acid groups (broad SMARTS) is 1. The van der Waals surface area contributed by atoms with Crippen LogP contribution in [0, 0.1) is 22.7 Å². The van der Waals surface area contributed by atoms with Crippen molar-refractivity contribution in [2.24, 2.45) is 22.7 Å². The summed E-state index contributed by atoms with van der Waals surface area (Å²) in [5.41, 5.74) is -0.421. The lowest BCUT2D eigenvalue weighted by Gasteiger charge is -2.64. The van der Waals surface area contributed by atoms with Gasteiger partial charge in [-0.25, -0.2) is 4.79 Å². The van der Waals surface area contributed by atoms with Gasteiger partial charge in [-0.15, -0.1) is 0 Å². The number of carbonyl (C=O) groups is 1. The summed E-state index contributed by atoms with van der Waals surface area (Å²) in [5.74, 6) is -0.0214. The van der Waals surface area contributed by atoms with Gasteiger partial charge >= 0.3 is 5.97 Å². The minimum Gasteiger partial charge on any atom is -0.478 e. The van der Waals surface area contributed by atoms with E-state index in [2.05, 4.69) is 20.8 Å². The average Bonchev–Trinajstić information content (AvgIpc) is 2.47. The highest BCUT2D eigenvalue weighted by Crippen LogP contribution is 2.64. The molecular formula is C20H34O4. The molecule has 4 nitrogen and oxygen atoms in total. The van der Waals surface area contributed by atoms with Crippen LogP contribution in [0.3, 0.4) is 0 Å². The lowest BCUT2D eigenvalue weighted by Crippen LogP contribution is -2.65. The van der Waals surface area contributed by atoms with Crippen molar-refractivity contribution in [2.75, 3.05) is 0 Å². The van der Waals surface area contributed by atoms with Gasteiger partial charge in [0.05, 0.1) is 11.7 Å². The standard InChI is InChI=1S/C20H34O4/c1-13(12-17(22)23)8-10-18(3)14(2)9-11-19(4)15(18)6-7-16(21)20(19,5)24/h12,14-16,21,24H,6-11H2,1-5H3,(H,22,23)/b13-12+/t14-,15-,16+,18+,19+,20+/m1/s1. The second-order valence-electron chi connectivity index (χ2n) is 8.99. The molecule has 0 aromatic rings. The zero-order valence-electron chi connectivity index (χ0n) is 15.8. The third-order valence-corrected chi connectivity index (χ3v) is 7.75. The van der Waals surface area contributed by atoms with E-state index in [1.54, 1.807) is 6.92 Å². The molecule has 2 saturated carbocycles. The fourth-order valence-electron chi connectivity index (χ4n) is 5.50. The van der Waals surface area contributed by atoms with Crippen LogP contribution in [0.4, 0.5) is 0 Å². The molecule has 0 unspecified atom stereocenters. The molecule has 0 bridgehead atoms. The highest BCUT2D eigenvalue weighted by atomic mass is 16.4. The van der Waals surface area contributed by atoms with E-state index in [4.69, 9.17) is 5.11 Å². The molecule has 0 radical (unpaired) electrons. The van der Waals surface area contributed by atoms with Gasteiger partial charge in [0.1, 0.15) is 0 Å². The second kappa shape index (κ2) is 6.45. The van der Waals surface area contributed by atoms with Gasteiger partial charge in [-0.3, -0.25) is 0 Å². The molecule has 0 aliphatic heterocycles. The van der Waals surface area contributed by atoms with Crippen LogP contribution in [-0.2, 0) is 4.79 Å². The van der Waals surface area contributed by atoms with Gasteiger partial charge in [0.15, 0.2) is 0 Å². The zero-order valence-corrected chi connectivity index (χ0v) is 15.8. The van der Waals surface area contributed by atoms with Crippen LogP contribution < -0.4 is 0 Å². The van der Waals surface area contributed by atoms with Crippen molar-refractivity contribution in [3.63, 3.8) is 0 Å². The summed E-state index contributed by atoms with van der Waals surface area (Å²) in [4.78, 5) is 10.9. The molecule has 2 aliphatic rings. The summed E-state index contributed by atoms with van der Waals surface area (Å²) < 4.78 is 0. The molecule has 6 atom stereocenters. The number of carboxylic acids is 1. The van der Waals surface area contributed by atoms with E-state index in [-0.39, 0.29) is 10.8 Å². The summed E-state index contributed by atoms with van der Waals surface area (Å²) in [6, 6.07) is 0. The molecule has 2 rings (SSSR count). The van der Waals surface area contributed by atoms with E-state index < -0.39 is 17.7 Å². The average molecular weight is 338 g/mol. The first kappa shape index (κ1) is 19.5. The Morgan fingerprint density at radius 3 is 2.42 bits per heavy atom. The Bertz CT molecular complexity index is 524. The molecule has 2 aliphatic carbocycles. The number of rotatable bonds is 4. The third-order valence-electron chi connectivity index (χ3n) is 7.75. The van der Waals surface area contributed by atoms with Crippen LogP contribution in [0.1, 0.15) is 73.1 Å². The molecule has 3 N–H and O–H groups in total. The lowest BCUT2D eigenvalue weighted by atomic mass is 9.43. The number of hydrogen-bond acceptors (Lipinski definition) is 3. The van der Waals surface area contributed by atoms with E-state index in [1.807, 2.05) is 6.92 Å². The summed E-state index contributed by atoms with van der Waals surface area (Å²) in [5, 5.41) is 30.4. The van der Waals surface area contributed by atoms with Gasteiger partial charge in [-0.2, -0.15) is 0 Å². The maximum absolute atomic E-state index is 11.1. The van der Waals surface area contributed by atoms with Crippen LogP contribution in [0.25, 0.3) is 0 Å². The summed E-state index contributed by atoms with van der Waals surface area (Å²) >= 11 is 0. The van der Waals surface area contributed by atoms with Crippen molar-refractivity contribution in [1.29, 1.82) is 0 Å². The highest BCUT2D eigenvalue weighted by molar-refractivity contribution is 5.80. The SMILES string of the molecule is C/C(=C\C(=O)O)CC[C@@]1(C)[C@H](C)CC[C@@]2(C)[C@@H]1CC[C@H](O)[C@]2(C)O. The fraction of sp³-hybridized carbons (Fsp3) is 0.850. The van der Waals surface area contributed by atoms with Gasteiger partial charge in [0.2, 0.25) is 0 Å². The van der Waals surface area contributed by atoms with Gasteiger partial charge < -0.3 is 15.3 Å². The summed E-state index contributed by atoms with van der Waals surface area (Å²) in [7, 11) is 0. The number of aliphatic carboxylic acids is 1. The molecular weight excluding hydrogens is 304 g/mol. The Balaban J connectivity index is 2.29. The van der Waals surface area contributed by atoms with Gasteiger partial charge in [0, 0.05) is 11.5 Å². The Morgan fingerprint density at radius 1 is 1.21 bits per heavy atom. The predicted molar refractivity (Wildman–Crippen MR) is 94.6 cm³/mol. The van der Waals surface area contributed by atoms with Crippen molar-refractivity contribution in [3.05, 3.63) is 11.6 Å². The molecule has 138 valence electrons. The third kappa shape index (κ3) is 3.03. The van der Waals surface area contributed by atoms with E-state index in [1.165, 1.54) is 6.08 Å². The lowest BCUT2D eigenvalue weighted by molar-refractivity contribution is -0.235. The predicted octanol–water partition coefficient (Wildman–Crippen LogP) is 3.76. The first-order chi connectivity index (χ1) is 10.9. The van der Waals surface area contributed by atoms with Crippen LogP contribution in [0.2, 0.25) is 0 Å². The molecule has 0 aromatic carbocycles.